The van der Waals surface area contributed by atoms with Crippen molar-refractivity contribution in [2.45, 2.75) is 113 Å². The molecule has 4 aliphatic heterocycles. The first kappa shape index (κ1) is 56.6. The molecule has 0 fully saturated rings. The minimum absolute atomic E-state index is 0.000890. The van der Waals surface area contributed by atoms with Crippen molar-refractivity contribution in [3.8, 4) is 44.5 Å². The molecule has 0 amide bonds. The molecule has 86 heavy (non-hydrogen) atoms. The first-order chi connectivity index (χ1) is 41.8. The number of nitrogens with zero attached hydrogens (tertiary/aromatic N) is 11. The average Bonchev–Trinajstić information content (AvgIpc) is 1.79. The van der Waals surface area contributed by atoms with Gasteiger partial charge in [-0.1, -0.05) is 103 Å². The Morgan fingerprint density at radius 2 is 0.884 bits per heavy atom. The van der Waals surface area contributed by atoms with E-state index < -0.39 is 0 Å². The Morgan fingerprint density at radius 3 is 1.29 bits per heavy atom. The van der Waals surface area contributed by atoms with Crippen LogP contribution < -0.4 is 16.8 Å². The molecule has 8 aliphatic rings. The third-order valence-electron chi connectivity index (χ3n) is 19.3. The standard InChI is InChI=1S/C19H20N2.C18H20N4.C17H19N5.C17H19N3S/c1-14-20-13-19(21-14)11-10-18-16(12-19)8-5-9-17(18)15-6-3-2-4-7-15;1-13-21-18(11-22(13)2)7-6-17-14(8-18)4-3-5-16(17)15-9-19-12-20-10-15;1-22-10-17(21-16(22)18)6-5-15-12(7-17)3-2-4-14(15)13-8-19-11-20-9-13;1-20-11-17(19-16(20)18)7-5-15-12(9-17)3-2-4-14(15)13-6-8-21-10-13/h2-9H,10-13H2,1H3,(H,20,21);3-5,9-10,12H,6-8,11H2,1-2H3;2-4,8-9,11H,5-7,10H2,1H3,(H2,18,21);2-4,6,8,10H,5,7,9,11H2,1H3,(H2,18,19). The number of guanidine groups is 2. The number of likely N-dealkylation sites (N-methyl/N-ethyl adjacent to an activating group) is 3. The van der Waals surface area contributed by atoms with Crippen LogP contribution in [0.3, 0.4) is 0 Å². The molecule has 5 N–H and O–H groups in total. The van der Waals surface area contributed by atoms with Crippen molar-refractivity contribution in [1.82, 2.24) is 40.0 Å². The zero-order valence-corrected chi connectivity index (χ0v) is 51.1. The van der Waals surface area contributed by atoms with Gasteiger partial charge in [-0.3, -0.25) is 9.98 Å². The quantitative estimate of drug-likeness (QED) is 0.154. The Morgan fingerprint density at radius 1 is 0.453 bits per heavy atom. The van der Waals surface area contributed by atoms with Crippen molar-refractivity contribution >= 4 is 34.9 Å². The predicted octanol–water partition coefficient (Wildman–Crippen LogP) is 10.9. The summed E-state index contributed by atoms with van der Waals surface area (Å²) in [5.41, 5.74) is 34.0. The summed E-state index contributed by atoms with van der Waals surface area (Å²) in [6.45, 7) is 8.01. The van der Waals surface area contributed by atoms with Crippen LogP contribution in [0.2, 0.25) is 0 Å². The summed E-state index contributed by atoms with van der Waals surface area (Å²) in [6.07, 6.45) is 23.5. The highest BCUT2D eigenvalue weighted by Crippen LogP contribution is 2.43. The Bertz CT molecular complexity index is 3770. The summed E-state index contributed by atoms with van der Waals surface area (Å²) in [4.78, 5) is 42.1. The first-order valence-corrected chi connectivity index (χ1v) is 31.4. The summed E-state index contributed by atoms with van der Waals surface area (Å²) in [7, 11) is 6.19. The van der Waals surface area contributed by atoms with Crippen molar-refractivity contribution in [3.63, 3.8) is 0 Å². The Labute approximate surface area is 510 Å². The zero-order valence-electron chi connectivity index (χ0n) is 50.3. The average molecular weight is 1160 g/mol. The highest BCUT2D eigenvalue weighted by molar-refractivity contribution is 7.08. The van der Waals surface area contributed by atoms with Gasteiger partial charge in [0.05, 0.1) is 40.4 Å². The molecule has 0 radical (unpaired) electrons. The number of aromatic nitrogens is 4. The molecule has 438 valence electrons. The van der Waals surface area contributed by atoms with Crippen molar-refractivity contribution < 1.29 is 0 Å². The minimum atomic E-state index is -0.0440. The van der Waals surface area contributed by atoms with Gasteiger partial charge in [-0.05, 0) is 186 Å². The van der Waals surface area contributed by atoms with Crippen LogP contribution >= 0.6 is 11.3 Å². The van der Waals surface area contributed by atoms with Crippen LogP contribution in [0.4, 0.5) is 0 Å². The number of hydrogen-bond acceptors (Lipinski definition) is 15. The van der Waals surface area contributed by atoms with Crippen LogP contribution in [0, 0.1) is 0 Å². The number of nitrogens with two attached hydrogens (primary N) is 2. The van der Waals surface area contributed by atoms with Gasteiger partial charge in [-0.25, -0.2) is 29.9 Å². The van der Waals surface area contributed by atoms with Crippen molar-refractivity contribution in [3.05, 3.63) is 202 Å². The molecule has 4 atom stereocenters. The molecule has 15 heteroatoms. The molecule has 0 bridgehead atoms. The van der Waals surface area contributed by atoms with Crippen LogP contribution in [0.5, 0.6) is 0 Å². The molecule has 4 spiro atoms. The van der Waals surface area contributed by atoms with E-state index in [1.165, 1.54) is 84.3 Å². The lowest BCUT2D eigenvalue weighted by atomic mass is 9.76. The summed E-state index contributed by atoms with van der Waals surface area (Å²) in [6, 6.07) is 39.5. The predicted molar refractivity (Wildman–Crippen MR) is 351 cm³/mol. The van der Waals surface area contributed by atoms with E-state index in [1.807, 2.05) is 38.9 Å². The van der Waals surface area contributed by atoms with E-state index in [4.69, 9.17) is 26.4 Å². The highest BCUT2D eigenvalue weighted by atomic mass is 32.1. The molecule has 5 aromatic carbocycles. The summed E-state index contributed by atoms with van der Waals surface area (Å²) in [5, 5.41) is 8.00. The van der Waals surface area contributed by atoms with E-state index in [-0.39, 0.29) is 22.2 Å². The topological polar surface area (TPSA) is 175 Å². The fraction of sp³-hybridized carbons (Fsp3) is 0.352. The van der Waals surface area contributed by atoms with Gasteiger partial charge in [0.15, 0.2) is 11.9 Å². The van der Waals surface area contributed by atoms with Gasteiger partial charge in [0, 0.05) is 76.7 Å². The van der Waals surface area contributed by atoms with Crippen molar-refractivity contribution in [1.29, 1.82) is 0 Å². The van der Waals surface area contributed by atoms with Crippen LogP contribution in [0.1, 0.15) is 84.0 Å². The maximum atomic E-state index is 5.99. The fourth-order valence-electron chi connectivity index (χ4n) is 15.1. The number of hydrogen-bond donors (Lipinski definition) is 3. The SMILES string of the molecule is CC1=NC2(CCc3c(cccc3-c3cncnc3)C2)CN1C.CC1=NCC2(CCc3c(cccc3-c3ccccc3)C2)N1.CN1CC2(CCc3c(cccc3-c3ccsc3)C2)N=C1N.CN1CC2(CCc3c(cccc3-c3cncnc3)C2)N=C1N. The number of nitrogens with one attached hydrogen (secondary N) is 1. The van der Waals surface area contributed by atoms with Crippen LogP contribution in [0.15, 0.2) is 177 Å². The fourth-order valence-corrected chi connectivity index (χ4v) is 15.7. The molecule has 0 saturated heterocycles. The second kappa shape index (κ2) is 23.4. The first-order valence-electron chi connectivity index (χ1n) is 30.5. The smallest absolute Gasteiger partial charge is 0.191 e. The van der Waals surface area contributed by atoms with Gasteiger partial charge in [-0.2, -0.15) is 11.3 Å². The van der Waals surface area contributed by atoms with E-state index in [0.29, 0.717) is 11.9 Å². The molecular weight excluding hydrogens is 1080 g/mol. The largest absolute Gasteiger partial charge is 0.370 e. The lowest BCUT2D eigenvalue weighted by Gasteiger charge is -2.35. The highest BCUT2D eigenvalue weighted by Gasteiger charge is 2.43. The zero-order chi connectivity index (χ0) is 59.0. The summed E-state index contributed by atoms with van der Waals surface area (Å²) in [5.74, 6) is 3.61. The summed E-state index contributed by atoms with van der Waals surface area (Å²) >= 11 is 1.76. The van der Waals surface area contributed by atoms with Crippen LogP contribution in [-0.4, -0.2) is 128 Å². The lowest BCUT2D eigenvalue weighted by molar-refractivity contribution is 0.335. The Balaban J connectivity index is 0.000000106. The van der Waals surface area contributed by atoms with E-state index in [1.54, 1.807) is 24.0 Å². The number of fused-ring (bicyclic) bond motifs is 4. The molecule has 4 unspecified atom stereocenters. The van der Waals surface area contributed by atoms with Gasteiger partial charge >= 0.3 is 0 Å². The third-order valence-corrected chi connectivity index (χ3v) is 20.0. The Kier molecular flexibility index (Phi) is 15.4. The molecule has 3 aromatic heterocycles. The van der Waals surface area contributed by atoms with Crippen LogP contribution in [0.25, 0.3) is 44.5 Å². The summed E-state index contributed by atoms with van der Waals surface area (Å²) < 4.78 is 0. The van der Waals surface area contributed by atoms with Gasteiger partial charge in [-0.15, -0.1) is 0 Å². The van der Waals surface area contributed by atoms with E-state index in [0.717, 1.165) is 120 Å². The van der Waals surface area contributed by atoms with E-state index in [2.05, 4.69) is 186 Å². The second-order valence-electron chi connectivity index (χ2n) is 25.3. The van der Waals surface area contributed by atoms with Crippen LogP contribution in [-0.2, 0) is 51.4 Å². The lowest BCUT2D eigenvalue weighted by Crippen LogP contribution is -2.49. The van der Waals surface area contributed by atoms with Gasteiger partial charge in [0.25, 0.3) is 0 Å². The molecular formula is C71H78N14S. The number of aliphatic imine (C=N–C) groups is 4. The van der Waals surface area contributed by atoms with Gasteiger partial charge < -0.3 is 31.5 Å². The number of rotatable bonds is 4. The van der Waals surface area contributed by atoms with Crippen molar-refractivity contribution in [2.24, 2.45) is 31.4 Å². The molecule has 14 nitrogen and oxygen atoms in total. The monoisotopic (exact) mass is 1160 g/mol. The maximum absolute atomic E-state index is 5.99. The van der Waals surface area contributed by atoms with E-state index >= 15 is 0 Å². The van der Waals surface area contributed by atoms with Crippen molar-refractivity contribution in [2.75, 3.05) is 47.3 Å². The Hall–Kier alpha value is -8.56. The molecule has 0 saturated carbocycles. The minimum Gasteiger partial charge on any atom is -0.370 e. The number of thiophene rings is 1. The van der Waals surface area contributed by atoms with Gasteiger partial charge in [0.2, 0.25) is 0 Å². The maximum Gasteiger partial charge on any atom is 0.191 e. The molecule has 8 aromatic rings. The second-order valence-corrected chi connectivity index (χ2v) is 26.0. The molecule has 16 rings (SSSR count). The molecule has 4 aliphatic carbocycles. The third kappa shape index (κ3) is 11.4. The number of benzene rings is 5. The normalized spacial score (nSPS) is 23.7. The number of amidine groups is 2. The van der Waals surface area contributed by atoms with Gasteiger partial charge in [0.1, 0.15) is 12.7 Å². The van der Waals surface area contributed by atoms with E-state index in [9.17, 15) is 0 Å². The molecule has 7 heterocycles.